The fraction of sp³-hybridized carbons (Fsp3) is 0.500. The SMILES string of the molecule is CCOC(=O)Cc1ncc(OC(F)(F)F)c(C(F)F)c1CCl. The first kappa shape index (κ1) is 18.4. The Morgan fingerprint density at radius 1 is 1.41 bits per heavy atom. The average Bonchev–Trinajstić information content (AvgIpc) is 2.38. The molecule has 1 heterocycles. The third kappa shape index (κ3) is 4.97. The number of pyridine rings is 1. The highest BCUT2D eigenvalue weighted by atomic mass is 35.5. The average molecular weight is 348 g/mol. The highest BCUT2D eigenvalue weighted by Crippen LogP contribution is 2.37. The third-order valence-corrected chi connectivity index (χ3v) is 2.74. The van der Waals surface area contributed by atoms with Gasteiger partial charge in [-0.1, -0.05) is 0 Å². The number of nitrogens with zero attached hydrogens (tertiary/aromatic N) is 1. The Hall–Kier alpha value is -1.64. The van der Waals surface area contributed by atoms with Crippen LogP contribution < -0.4 is 4.74 Å². The molecule has 0 aromatic carbocycles. The van der Waals surface area contributed by atoms with Crippen molar-refractivity contribution in [3.05, 3.63) is 23.0 Å². The summed E-state index contributed by atoms with van der Waals surface area (Å²) in [5, 5.41) is 0. The first-order chi connectivity index (χ1) is 10.2. The molecule has 1 aromatic rings. The van der Waals surface area contributed by atoms with E-state index in [-0.39, 0.29) is 17.9 Å². The maximum Gasteiger partial charge on any atom is 0.573 e. The molecule has 0 aliphatic heterocycles. The maximum atomic E-state index is 13.1. The van der Waals surface area contributed by atoms with E-state index in [1.807, 2.05) is 0 Å². The number of halogens is 6. The second kappa shape index (κ2) is 7.57. The molecule has 0 radical (unpaired) electrons. The van der Waals surface area contributed by atoms with Gasteiger partial charge < -0.3 is 9.47 Å². The largest absolute Gasteiger partial charge is 0.573 e. The highest BCUT2D eigenvalue weighted by Gasteiger charge is 2.35. The van der Waals surface area contributed by atoms with Crippen molar-refractivity contribution in [3.63, 3.8) is 0 Å². The zero-order valence-corrected chi connectivity index (χ0v) is 12.0. The van der Waals surface area contributed by atoms with Crippen molar-refractivity contribution < 1.29 is 36.2 Å². The van der Waals surface area contributed by atoms with Gasteiger partial charge in [0.2, 0.25) is 0 Å². The molecule has 124 valence electrons. The Morgan fingerprint density at radius 2 is 2.05 bits per heavy atom. The molecule has 1 aromatic heterocycles. The molecule has 1 rings (SSSR count). The van der Waals surface area contributed by atoms with Gasteiger partial charge in [-0.05, 0) is 6.92 Å². The van der Waals surface area contributed by atoms with E-state index in [1.165, 1.54) is 0 Å². The smallest absolute Gasteiger partial charge is 0.466 e. The molecule has 0 aliphatic rings. The van der Waals surface area contributed by atoms with Crippen LogP contribution in [0.2, 0.25) is 0 Å². The van der Waals surface area contributed by atoms with Gasteiger partial charge in [0.25, 0.3) is 6.43 Å². The van der Waals surface area contributed by atoms with Crippen LogP contribution in [0, 0.1) is 0 Å². The van der Waals surface area contributed by atoms with Crippen molar-refractivity contribution in [1.29, 1.82) is 0 Å². The second-order valence-electron chi connectivity index (χ2n) is 3.93. The lowest BCUT2D eigenvalue weighted by molar-refractivity contribution is -0.275. The molecule has 22 heavy (non-hydrogen) atoms. The summed E-state index contributed by atoms with van der Waals surface area (Å²) in [6.07, 6.45) is -8.44. The first-order valence-electron chi connectivity index (χ1n) is 5.95. The van der Waals surface area contributed by atoms with Crippen LogP contribution >= 0.6 is 11.6 Å². The fourth-order valence-electron chi connectivity index (χ4n) is 1.68. The molecule has 0 saturated carbocycles. The standard InChI is InChI=1S/C12H11ClF5NO3/c1-2-21-9(20)3-7-6(4-13)10(11(14)15)8(5-19-7)22-12(16,17)18/h5,11H,2-4H2,1H3. The van der Waals surface area contributed by atoms with Crippen LogP contribution in [0.4, 0.5) is 22.0 Å². The predicted octanol–water partition coefficient (Wildman–Crippen LogP) is 3.76. The fourth-order valence-corrected chi connectivity index (χ4v) is 1.98. The zero-order valence-electron chi connectivity index (χ0n) is 11.2. The van der Waals surface area contributed by atoms with E-state index in [1.54, 1.807) is 6.92 Å². The van der Waals surface area contributed by atoms with Crippen LogP contribution in [0.5, 0.6) is 5.75 Å². The van der Waals surface area contributed by atoms with E-state index >= 15 is 0 Å². The number of hydrogen-bond donors (Lipinski definition) is 0. The van der Waals surface area contributed by atoms with Gasteiger partial charge in [0, 0.05) is 11.4 Å². The summed E-state index contributed by atoms with van der Waals surface area (Å²) < 4.78 is 71.0. The van der Waals surface area contributed by atoms with Crippen LogP contribution in [0.15, 0.2) is 6.20 Å². The Bertz CT molecular complexity index is 536. The summed E-state index contributed by atoms with van der Waals surface area (Å²) in [4.78, 5) is 14.9. The lowest BCUT2D eigenvalue weighted by Gasteiger charge is -2.17. The summed E-state index contributed by atoms with van der Waals surface area (Å²) in [5.74, 6) is -2.46. The number of carbonyl (C=O) groups is 1. The van der Waals surface area contributed by atoms with Gasteiger partial charge in [-0.25, -0.2) is 8.78 Å². The summed E-state index contributed by atoms with van der Waals surface area (Å²) in [6, 6.07) is 0. The number of aromatic nitrogens is 1. The quantitative estimate of drug-likeness (QED) is 0.446. The van der Waals surface area contributed by atoms with E-state index < -0.39 is 42.4 Å². The summed E-state index contributed by atoms with van der Waals surface area (Å²) in [7, 11) is 0. The molecule has 0 saturated heterocycles. The number of hydrogen-bond acceptors (Lipinski definition) is 4. The Morgan fingerprint density at radius 3 is 2.50 bits per heavy atom. The molecule has 0 bridgehead atoms. The second-order valence-corrected chi connectivity index (χ2v) is 4.19. The minimum absolute atomic E-state index is 0.0615. The highest BCUT2D eigenvalue weighted by molar-refractivity contribution is 6.17. The lowest BCUT2D eigenvalue weighted by Crippen LogP contribution is -2.20. The summed E-state index contributed by atoms with van der Waals surface area (Å²) in [6.45, 7) is 1.60. The first-order valence-corrected chi connectivity index (χ1v) is 6.49. The molecule has 0 unspecified atom stereocenters. The van der Waals surface area contributed by atoms with Gasteiger partial charge in [-0.3, -0.25) is 9.78 Å². The molecule has 0 aliphatic carbocycles. The van der Waals surface area contributed by atoms with Crippen molar-refractivity contribution in [3.8, 4) is 5.75 Å². The van der Waals surface area contributed by atoms with Crippen LogP contribution in [-0.2, 0) is 21.8 Å². The van der Waals surface area contributed by atoms with Crippen molar-refractivity contribution in [2.24, 2.45) is 0 Å². The van der Waals surface area contributed by atoms with Crippen molar-refractivity contribution >= 4 is 17.6 Å². The molecule has 0 fully saturated rings. The topological polar surface area (TPSA) is 48.4 Å². The molecule has 0 N–H and O–H groups in total. The Labute approximate surface area is 127 Å². The number of carbonyl (C=O) groups excluding carboxylic acids is 1. The number of ether oxygens (including phenoxy) is 2. The van der Waals surface area contributed by atoms with Crippen LogP contribution in [-0.4, -0.2) is 23.9 Å². The number of rotatable bonds is 6. The molecule has 0 atom stereocenters. The van der Waals surface area contributed by atoms with Gasteiger partial charge in [0.05, 0.1) is 30.5 Å². The molecule has 10 heteroatoms. The Balaban J connectivity index is 3.27. The normalized spacial score (nSPS) is 11.6. The predicted molar refractivity (Wildman–Crippen MR) is 65.8 cm³/mol. The van der Waals surface area contributed by atoms with Gasteiger partial charge in [-0.15, -0.1) is 24.8 Å². The van der Waals surface area contributed by atoms with Gasteiger partial charge in [0.1, 0.15) is 0 Å². The number of esters is 1. The lowest BCUT2D eigenvalue weighted by atomic mass is 10.1. The minimum atomic E-state index is -5.16. The molecular formula is C12H11ClF5NO3. The van der Waals surface area contributed by atoms with Crippen LogP contribution in [0.3, 0.4) is 0 Å². The van der Waals surface area contributed by atoms with E-state index in [4.69, 9.17) is 11.6 Å². The maximum absolute atomic E-state index is 13.1. The van der Waals surface area contributed by atoms with E-state index in [2.05, 4.69) is 14.5 Å². The van der Waals surface area contributed by atoms with E-state index in [0.29, 0.717) is 6.20 Å². The zero-order chi connectivity index (χ0) is 16.9. The molecule has 0 spiro atoms. The molecule has 0 amide bonds. The monoisotopic (exact) mass is 347 g/mol. The van der Waals surface area contributed by atoms with E-state index in [9.17, 15) is 26.7 Å². The Kier molecular flexibility index (Phi) is 6.34. The molecular weight excluding hydrogens is 337 g/mol. The minimum Gasteiger partial charge on any atom is -0.466 e. The van der Waals surface area contributed by atoms with Crippen molar-refractivity contribution in [2.75, 3.05) is 6.61 Å². The third-order valence-electron chi connectivity index (χ3n) is 2.47. The van der Waals surface area contributed by atoms with Crippen molar-refractivity contribution in [1.82, 2.24) is 4.98 Å². The summed E-state index contributed by atoms with van der Waals surface area (Å²) >= 11 is 5.52. The molecule has 4 nitrogen and oxygen atoms in total. The summed E-state index contributed by atoms with van der Waals surface area (Å²) in [5.41, 5.74) is -1.61. The van der Waals surface area contributed by atoms with Crippen molar-refractivity contribution in [2.45, 2.75) is 32.0 Å². The van der Waals surface area contributed by atoms with Gasteiger partial charge in [0.15, 0.2) is 5.75 Å². The van der Waals surface area contributed by atoms with Gasteiger partial charge in [-0.2, -0.15) is 0 Å². The van der Waals surface area contributed by atoms with Crippen LogP contribution in [0.25, 0.3) is 0 Å². The number of alkyl halides is 6. The van der Waals surface area contributed by atoms with Crippen LogP contribution in [0.1, 0.15) is 30.2 Å². The van der Waals surface area contributed by atoms with Gasteiger partial charge >= 0.3 is 12.3 Å². The van der Waals surface area contributed by atoms with E-state index in [0.717, 1.165) is 0 Å².